The van der Waals surface area contributed by atoms with Gasteiger partial charge in [-0.1, -0.05) is 0 Å². The smallest absolute Gasteiger partial charge is 0.223 e. The molecule has 0 unspecified atom stereocenters. The van der Waals surface area contributed by atoms with Crippen LogP contribution in [0.1, 0.15) is 17.4 Å². The molecule has 2 aromatic rings. The molecule has 0 bridgehead atoms. The van der Waals surface area contributed by atoms with Gasteiger partial charge < -0.3 is 10.2 Å². The van der Waals surface area contributed by atoms with Gasteiger partial charge in [0.1, 0.15) is 0 Å². The first kappa shape index (κ1) is 15.1. The molecule has 0 saturated heterocycles. The summed E-state index contributed by atoms with van der Waals surface area (Å²) in [4.78, 5) is 14.6. The number of carbonyl (C=O) groups is 1. The number of nitrogens with one attached hydrogen (secondary N) is 1. The minimum Gasteiger partial charge on any atom is -0.380 e. The topological polar surface area (TPSA) is 32.3 Å². The third-order valence-corrected chi connectivity index (χ3v) is 6.77. The van der Waals surface area contributed by atoms with Gasteiger partial charge in [-0.15, -0.1) is 11.3 Å². The first-order valence-corrected chi connectivity index (χ1v) is 9.03. The number of carbonyl (C=O) groups excluding carboxylic acids is 1. The second kappa shape index (κ2) is 6.10. The monoisotopic (exact) mass is 428 g/mol. The number of rotatable bonds is 3. The minimum atomic E-state index is 0.114. The van der Waals surface area contributed by atoms with E-state index in [1.54, 1.807) is 18.3 Å². The van der Waals surface area contributed by atoms with Crippen LogP contribution in [0.2, 0.25) is 0 Å². The van der Waals surface area contributed by atoms with Crippen molar-refractivity contribution in [3.05, 3.63) is 43.0 Å². The largest absolute Gasteiger partial charge is 0.380 e. The maximum absolute atomic E-state index is 11.5. The van der Waals surface area contributed by atoms with Crippen LogP contribution in [0, 0.1) is 0 Å². The summed E-state index contributed by atoms with van der Waals surface area (Å²) in [7, 11) is 0. The Bertz CT molecular complexity index is 679. The van der Waals surface area contributed by atoms with Gasteiger partial charge in [0.25, 0.3) is 0 Å². The van der Waals surface area contributed by atoms with Crippen molar-refractivity contribution in [2.75, 3.05) is 16.8 Å². The van der Waals surface area contributed by atoms with E-state index in [-0.39, 0.29) is 5.91 Å². The molecule has 3 nitrogen and oxygen atoms in total. The van der Waals surface area contributed by atoms with Gasteiger partial charge in [0.05, 0.1) is 3.79 Å². The highest BCUT2D eigenvalue weighted by Gasteiger charge is 2.21. The molecule has 21 heavy (non-hydrogen) atoms. The van der Waals surface area contributed by atoms with Gasteiger partial charge in [0, 0.05) is 40.7 Å². The van der Waals surface area contributed by atoms with Crippen LogP contribution in [0.4, 0.5) is 11.4 Å². The van der Waals surface area contributed by atoms with Crippen LogP contribution in [-0.2, 0) is 17.8 Å². The summed E-state index contributed by atoms with van der Waals surface area (Å²) in [5.41, 5.74) is 3.39. The normalized spacial score (nSPS) is 13.4. The summed E-state index contributed by atoms with van der Waals surface area (Å²) in [6.07, 6.45) is 0.931. The number of thiophene rings is 1. The van der Waals surface area contributed by atoms with Gasteiger partial charge in [-0.2, -0.15) is 0 Å². The lowest BCUT2D eigenvalue weighted by Crippen LogP contribution is -2.25. The SMILES string of the molecule is CC(=O)N1CCc2cc(NCc3cc(Br)c(Br)s3)ccc21. The van der Waals surface area contributed by atoms with Crippen LogP contribution in [0.5, 0.6) is 0 Å². The van der Waals surface area contributed by atoms with Crippen LogP contribution < -0.4 is 10.2 Å². The highest BCUT2D eigenvalue weighted by molar-refractivity contribution is 9.13. The van der Waals surface area contributed by atoms with E-state index < -0.39 is 0 Å². The zero-order valence-electron chi connectivity index (χ0n) is 11.5. The second-order valence-corrected chi connectivity index (χ2v) is 8.26. The maximum atomic E-state index is 11.5. The molecule has 6 heteroatoms. The van der Waals surface area contributed by atoms with Crippen molar-refractivity contribution >= 4 is 60.5 Å². The molecule has 0 aliphatic carbocycles. The average Bonchev–Trinajstić information content (AvgIpc) is 3.00. The van der Waals surface area contributed by atoms with Crippen molar-refractivity contribution in [2.45, 2.75) is 19.9 Å². The number of fused-ring (bicyclic) bond motifs is 1. The Morgan fingerprint density at radius 2 is 2.19 bits per heavy atom. The molecule has 1 aromatic heterocycles. The van der Waals surface area contributed by atoms with E-state index in [1.807, 2.05) is 17.0 Å². The summed E-state index contributed by atoms with van der Waals surface area (Å²) in [6, 6.07) is 8.34. The van der Waals surface area contributed by atoms with Gasteiger partial charge in [0.2, 0.25) is 5.91 Å². The molecule has 1 aliphatic rings. The molecule has 1 aromatic carbocycles. The van der Waals surface area contributed by atoms with Crippen LogP contribution in [0.3, 0.4) is 0 Å². The van der Waals surface area contributed by atoms with Crippen LogP contribution in [0.15, 0.2) is 32.5 Å². The first-order chi connectivity index (χ1) is 10.0. The Kier molecular flexibility index (Phi) is 4.38. The van der Waals surface area contributed by atoms with E-state index in [0.29, 0.717) is 0 Å². The zero-order chi connectivity index (χ0) is 15.0. The van der Waals surface area contributed by atoms with Gasteiger partial charge in [-0.3, -0.25) is 4.79 Å². The number of halogens is 2. The van der Waals surface area contributed by atoms with Crippen molar-refractivity contribution in [1.29, 1.82) is 0 Å². The predicted octanol–water partition coefficient (Wildman–Crippen LogP) is 4.79. The van der Waals surface area contributed by atoms with Gasteiger partial charge >= 0.3 is 0 Å². The molecule has 2 heterocycles. The number of amides is 1. The Morgan fingerprint density at radius 1 is 1.38 bits per heavy atom. The lowest BCUT2D eigenvalue weighted by atomic mass is 10.1. The molecule has 0 spiro atoms. The Morgan fingerprint density at radius 3 is 2.86 bits per heavy atom. The van der Waals surface area contributed by atoms with Crippen molar-refractivity contribution < 1.29 is 4.79 Å². The number of nitrogens with zero attached hydrogens (tertiary/aromatic N) is 1. The molecule has 1 amide bonds. The predicted molar refractivity (Wildman–Crippen MR) is 95.2 cm³/mol. The molecule has 0 atom stereocenters. The van der Waals surface area contributed by atoms with Crippen LogP contribution in [0.25, 0.3) is 0 Å². The third kappa shape index (κ3) is 3.17. The lowest BCUT2D eigenvalue weighted by Gasteiger charge is -2.15. The highest BCUT2D eigenvalue weighted by atomic mass is 79.9. The summed E-state index contributed by atoms with van der Waals surface area (Å²) >= 11 is 8.73. The zero-order valence-corrected chi connectivity index (χ0v) is 15.4. The molecule has 3 rings (SSSR count). The molecule has 110 valence electrons. The average molecular weight is 430 g/mol. The lowest BCUT2D eigenvalue weighted by molar-refractivity contribution is -0.116. The molecule has 0 fully saturated rings. The van der Waals surface area contributed by atoms with Crippen LogP contribution >= 0.6 is 43.2 Å². The van der Waals surface area contributed by atoms with E-state index in [2.05, 4.69) is 49.3 Å². The Balaban J connectivity index is 1.72. The number of anilines is 2. The number of benzene rings is 1. The van der Waals surface area contributed by atoms with Crippen molar-refractivity contribution in [3.8, 4) is 0 Å². The van der Waals surface area contributed by atoms with E-state index in [9.17, 15) is 4.79 Å². The van der Waals surface area contributed by atoms with E-state index in [4.69, 9.17) is 0 Å². The van der Waals surface area contributed by atoms with Crippen molar-refractivity contribution in [1.82, 2.24) is 0 Å². The summed E-state index contributed by atoms with van der Waals surface area (Å²) in [5, 5.41) is 3.44. The van der Waals surface area contributed by atoms with E-state index in [1.165, 1.54) is 10.4 Å². The fourth-order valence-electron chi connectivity index (χ4n) is 2.51. The van der Waals surface area contributed by atoms with E-state index in [0.717, 1.165) is 39.1 Å². The fraction of sp³-hybridized carbons (Fsp3) is 0.267. The Hall–Kier alpha value is -0.850. The fourth-order valence-corrected chi connectivity index (χ4v) is 4.62. The molecule has 0 saturated carbocycles. The number of hydrogen-bond donors (Lipinski definition) is 1. The molecule has 1 aliphatic heterocycles. The quantitative estimate of drug-likeness (QED) is 0.760. The summed E-state index contributed by atoms with van der Waals surface area (Å²) in [6.45, 7) is 3.21. The third-order valence-electron chi connectivity index (χ3n) is 3.52. The summed E-state index contributed by atoms with van der Waals surface area (Å²) in [5.74, 6) is 0.114. The minimum absolute atomic E-state index is 0.114. The maximum Gasteiger partial charge on any atom is 0.223 e. The highest BCUT2D eigenvalue weighted by Crippen LogP contribution is 2.34. The second-order valence-electron chi connectivity index (χ2n) is 4.95. The first-order valence-electron chi connectivity index (χ1n) is 6.63. The molecule has 0 radical (unpaired) electrons. The summed E-state index contributed by atoms with van der Waals surface area (Å²) < 4.78 is 2.21. The van der Waals surface area contributed by atoms with Gasteiger partial charge in [-0.05, 0) is 68.1 Å². The Labute approximate surface area is 144 Å². The molecule has 1 N–H and O–H groups in total. The van der Waals surface area contributed by atoms with Crippen molar-refractivity contribution in [3.63, 3.8) is 0 Å². The van der Waals surface area contributed by atoms with E-state index >= 15 is 0 Å². The standard InChI is InChI=1S/C15H14Br2N2OS/c1-9(20)19-5-4-10-6-11(2-3-14(10)19)18-8-12-7-13(16)15(17)21-12/h2-3,6-7,18H,4-5,8H2,1H3. The molecular weight excluding hydrogens is 416 g/mol. The van der Waals surface area contributed by atoms with Crippen LogP contribution in [-0.4, -0.2) is 12.5 Å². The van der Waals surface area contributed by atoms with Gasteiger partial charge in [0.15, 0.2) is 0 Å². The van der Waals surface area contributed by atoms with Crippen molar-refractivity contribution in [2.24, 2.45) is 0 Å². The number of hydrogen-bond acceptors (Lipinski definition) is 3. The van der Waals surface area contributed by atoms with Gasteiger partial charge in [-0.25, -0.2) is 0 Å². The molecular formula is C15H14Br2N2OS.